The van der Waals surface area contributed by atoms with Gasteiger partial charge in [0.05, 0.1) is 29.5 Å². The molecule has 1 spiro atoms. The van der Waals surface area contributed by atoms with Crippen molar-refractivity contribution in [3.8, 4) is 0 Å². The number of carbonyl (C=O) groups is 4. The summed E-state index contributed by atoms with van der Waals surface area (Å²) in [5, 5.41) is 12.0. The predicted molar refractivity (Wildman–Crippen MR) is 217 cm³/mol. The number of sulfonamides is 1. The van der Waals surface area contributed by atoms with Crippen LogP contribution in [0.4, 0.5) is 4.79 Å². The van der Waals surface area contributed by atoms with Crippen LogP contribution in [0.1, 0.15) is 100 Å². The molecule has 6 heterocycles. The number of hydrogen-bond donors (Lipinski definition) is 5. The summed E-state index contributed by atoms with van der Waals surface area (Å²) >= 11 is 1.79. The number of unbranched alkanes of at least 4 members (excludes halogenated alkanes) is 1. The van der Waals surface area contributed by atoms with Crippen molar-refractivity contribution in [3.05, 3.63) is 65.2 Å². The van der Waals surface area contributed by atoms with Gasteiger partial charge in [-0.25, -0.2) is 27.7 Å². The van der Waals surface area contributed by atoms with Gasteiger partial charge in [0.1, 0.15) is 0 Å². The third-order valence-electron chi connectivity index (χ3n) is 13.4. The maximum atomic E-state index is 13.3. The Morgan fingerprint density at radius 1 is 0.915 bits per heavy atom. The lowest BCUT2D eigenvalue weighted by Crippen LogP contribution is -2.70. The quantitative estimate of drug-likeness (QED) is 0.103. The van der Waals surface area contributed by atoms with E-state index in [1.807, 2.05) is 31.2 Å². The number of benzene rings is 2. The summed E-state index contributed by atoms with van der Waals surface area (Å²) in [5.74, 6) is -0.210. The number of hydrogen-bond acceptors (Lipinski definition) is 11. The Hall–Kier alpha value is -3.74. The SMILES string of the molecule is C[C@H]1[C@@H](CC(=O)NCc2cccc(CNC(=O)c3ccc(S(=O)(=O)NC(=O)CCCC[C@H]4SC[C@H]5NC(=O)N[C@H]54)cc3)c2)O[C@@H]2O[C@]3(C)CC[C@H]4[C@H](C)CC[C@@H]1[C@@]24OO3. The Bertz CT molecular complexity index is 2040. The van der Waals surface area contributed by atoms with Gasteiger partial charge in [0.25, 0.3) is 15.9 Å². The molecule has 0 aromatic heterocycles. The van der Waals surface area contributed by atoms with Crippen LogP contribution < -0.4 is 26.0 Å². The van der Waals surface area contributed by atoms with Gasteiger partial charge in [-0.15, -0.1) is 0 Å². The van der Waals surface area contributed by atoms with Crippen molar-refractivity contribution in [1.29, 1.82) is 0 Å². The van der Waals surface area contributed by atoms with Gasteiger partial charge in [-0.05, 0) is 92.2 Å². The van der Waals surface area contributed by atoms with Gasteiger partial charge >= 0.3 is 6.03 Å². The minimum atomic E-state index is -4.11. The topological polar surface area (TPSA) is 199 Å². The first-order valence-electron chi connectivity index (χ1n) is 20.9. The average Bonchev–Trinajstić information content (AvgIpc) is 3.67. The maximum absolute atomic E-state index is 13.3. The lowest BCUT2D eigenvalue weighted by Gasteiger charge is -2.60. The summed E-state index contributed by atoms with van der Waals surface area (Å²) in [6.45, 7) is 6.82. The fourth-order valence-electron chi connectivity index (χ4n) is 10.1. The van der Waals surface area contributed by atoms with E-state index in [2.05, 4.69) is 39.8 Å². The largest absolute Gasteiger partial charge is 0.352 e. The first-order chi connectivity index (χ1) is 28.2. The Labute approximate surface area is 349 Å². The van der Waals surface area contributed by atoms with Crippen molar-refractivity contribution in [2.24, 2.45) is 23.7 Å². The molecule has 2 aromatic carbocycles. The van der Waals surface area contributed by atoms with E-state index in [0.29, 0.717) is 18.9 Å². The van der Waals surface area contributed by atoms with Crippen LogP contribution in [0.25, 0.3) is 0 Å². The van der Waals surface area contributed by atoms with Gasteiger partial charge in [0.2, 0.25) is 17.6 Å². The third-order valence-corrected chi connectivity index (χ3v) is 16.3. The van der Waals surface area contributed by atoms with Crippen LogP contribution in [0, 0.1) is 23.7 Å². The zero-order valence-corrected chi connectivity index (χ0v) is 35.3. The fraction of sp³-hybridized carbons (Fsp3) is 0.619. The van der Waals surface area contributed by atoms with Crippen molar-refractivity contribution >= 4 is 45.5 Å². The van der Waals surface area contributed by atoms with Crippen LogP contribution in [0.15, 0.2) is 53.4 Å². The highest BCUT2D eigenvalue weighted by Crippen LogP contribution is 2.60. The Morgan fingerprint density at radius 3 is 2.46 bits per heavy atom. The van der Waals surface area contributed by atoms with E-state index < -0.39 is 39.5 Å². The number of urea groups is 1. The number of nitrogens with one attached hydrogen (secondary N) is 5. The first-order valence-corrected chi connectivity index (χ1v) is 23.4. The van der Waals surface area contributed by atoms with Crippen LogP contribution in [0.5, 0.6) is 0 Å². The maximum Gasteiger partial charge on any atom is 0.315 e. The van der Waals surface area contributed by atoms with E-state index in [1.165, 1.54) is 24.3 Å². The summed E-state index contributed by atoms with van der Waals surface area (Å²) in [4.78, 5) is 62.4. The molecule has 0 unspecified atom stereocenters. The monoisotopic (exact) mass is 853 g/mol. The molecule has 17 heteroatoms. The molecule has 1 aliphatic carbocycles. The average molecular weight is 854 g/mol. The van der Waals surface area contributed by atoms with Crippen molar-refractivity contribution in [1.82, 2.24) is 26.0 Å². The molecule has 7 fully saturated rings. The van der Waals surface area contributed by atoms with Gasteiger partial charge in [0, 0.05) is 48.4 Å². The highest BCUT2D eigenvalue weighted by Gasteiger charge is 2.69. The van der Waals surface area contributed by atoms with Crippen molar-refractivity contribution in [2.75, 3.05) is 5.75 Å². The summed E-state index contributed by atoms with van der Waals surface area (Å²) in [7, 11) is -4.11. The number of rotatable bonds is 14. The molecular formula is C42H55N5O10S2. The second-order valence-electron chi connectivity index (χ2n) is 17.3. The summed E-state index contributed by atoms with van der Waals surface area (Å²) < 4.78 is 40.9. The Kier molecular flexibility index (Phi) is 12.1. The normalized spacial score (nSPS) is 34.4. The molecule has 5 N–H and O–H groups in total. The van der Waals surface area contributed by atoms with E-state index in [9.17, 15) is 27.6 Å². The number of carbonyl (C=O) groups excluding carboxylic acids is 4. The molecule has 6 aliphatic heterocycles. The lowest BCUT2D eigenvalue weighted by molar-refractivity contribution is -0.570. The summed E-state index contributed by atoms with van der Waals surface area (Å²) in [5.41, 5.74) is 1.29. The smallest absolute Gasteiger partial charge is 0.315 e. The molecule has 2 bridgehead atoms. The standard InChI is InChI=1S/C42H55N5O10S2/c1-24-11-16-31-25(2)33(54-39-42(31)30(24)17-18-41(3,55-39)56-57-42)20-36(49)43-21-26-7-6-8-27(19-26)22-44-38(50)28-12-14-29(15-13-28)59(52,53)47-35(48)10-5-4-9-34-37-32(23-58-34)45-40(51)46-37/h6-8,12-15,19,24-25,30-34,37,39H,4-5,9-11,16-18,20-23H2,1-3H3,(H,43,49)(H,44,50)(H,47,48)(H2,45,46,51)/t24-,25-,30+,31+,32-,33-,34-,37-,39-,41+,42-/m1/s1. The molecule has 6 saturated heterocycles. The number of ether oxygens (including phenoxy) is 2. The van der Waals surface area contributed by atoms with Crippen molar-refractivity contribution in [3.63, 3.8) is 0 Å². The van der Waals surface area contributed by atoms with Crippen LogP contribution in [-0.4, -0.2) is 79.0 Å². The summed E-state index contributed by atoms with van der Waals surface area (Å²) in [6.07, 6.45) is 5.12. The minimum absolute atomic E-state index is 0.0568. The van der Waals surface area contributed by atoms with Crippen LogP contribution in [-0.2, 0) is 52.0 Å². The fourth-order valence-corrected chi connectivity index (χ4v) is 12.7. The Balaban J connectivity index is 0.773. The summed E-state index contributed by atoms with van der Waals surface area (Å²) in [6, 6.07) is 13.0. The van der Waals surface area contributed by atoms with E-state index in [-0.39, 0.29) is 83.0 Å². The molecule has 1 saturated carbocycles. The second-order valence-corrected chi connectivity index (χ2v) is 20.3. The third kappa shape index (κ3) is 8.73. The highest BCUT2D eigenvalue weighted by molar-refractivity contribution is 8.00. The highest BCUT2D eigenvalue weighted by atomic mass is 32.2. The molecule has 5 amide bonds. The van der Waals surface area contributed by atoms with Crippen LogP contribution in [0.2, 0.25) is 0 Å². The van der Waals surface area contributed by atoms with E-state index in [0.717, 1.165) is 55.4 Å². The minimum Gasteiger partial charge on any atom is -0.352 e. The number of amides is 5. The van der Waals surface area contributed by atoms with E-state index in [1.54, 1.807) is 11.8 Å². The zero-order valence-electron chi connectivity index (χ0n) is 33.7. The van der Waals surface area contributed by atoms with Crippen molar-refractivity contribution in [2.45, 2.75) is 138 Å². The van der Waals surface area contributed by atoms with Gasteiger partial charge in [-0.1, -0.05) is 44.5 Å². The van der Waals surface area contributed by atoms with Gasteiger partial charge < -0.3 is 30.7 Å². The molecule has 2 aromatic rings. The first kappa shape index (κ1) is 42.0. The zero-order chi connectivity index (χ0) is 41.5. The van der Waals surface area contributed by atoms with E-state index in [4.69, 9.17) is 19.2 Å². The van der Waals surface area contributed by atoms with Crippen molar-refractivity contribution < 1.29 is 46.8 Å². The second kappa shape index (κ2) is 17.0. The predicted octanol–water partition coefficient (Wildman–Crippen LogP) is 4.40. The molecule has 9 rings (SSSR count). The van der Waals surface area contributed by atoms with Crippen LogP contribution >= 0.6 is 11.8 Å². The van der Waals surface area contributed by atoms with E-state index >= 15 is 0 Å². The van der Waals surface area contributed by atoms with Crippen LogP contribution in [0.3, 0.4) is 0 Å². The molecule has 15 nitrogen and oxygen atoms in total. The molecule has 7 aliphatic rings. The Morgan fingerprint density at radius 2 is 1.68 bits per heavy atom. The molecular weight excluding hydrogens is 799 g/mol. The van der Waals surface area contributed by atoms with Gasteiger partial charge in [-0.2, -0.15) is 11.8 Å². The molecule has 11 atom stereocenters. The number of fused-ring (bicyclic) bond motifs is 3. The molecule has 320 valence electrons. The molecule has 59 heavy (non-hydrogen) atoms. The van der Waals surface area contributed by atoms with Gasteiger partial charge in [-0.3, -0.25) is 14.4 Å². The number of thioether (sulfide) groups is 1. The lowest BCUT2D eigenvalue weighted by atomic mass is 9.57. The molecule has 0 radical (unpaired) electrons. The van der Waals surface area contributed by atoms with Gasteiger partial charge in [0.15, 0.2) is 11.9 Å².